The summed E-state index contributed by atoms with van der Waals surface area (Å²) in [4.78, 5) is 0. The number of hydrogen-bond acceptors (Lipinski definition) is 1. The molecule has 0 fully saturated rings. The molecule has 2 rings (SSSR count). The Kier molecular flexibility index (Phi) is 1.42. The Hall–Kier alpha value is -0.501. The van der Waals surface area contributed by atoms with Crippen molar-refractivity contribution >= 4 is 18.5 Å². The van der Waals surface area contributed by atoms with E-state index in [0.717, 1.165) is 11.0 Å². The first-order chi connectivity index (χ1) is 4.88. The summed E-state index contributed by atoms with van der Waals surface area (Å²) < 4.78 is 15.1. The second kappa shape index (κ2) is 2.27. The molecule has 2 nitrogen and oxygen atoms in total. The molecule has 52 valence electrons. The molecule has 0 spiro atoms. The first kappa shape index (κ1) is 6.23. The molecule has 1 aromatic carbocycles. The monoisotopic (exact) mass is 201 g/mol. The van der Waals surface area contributed by atoms with E-state index < -0.39 is 14.1 Å². The van der Waals surface area contributed by atoms with Crippen LogP contribution in [0.4, 0.5) is 0 Å². The molecule has 1 atom stereocenters. The zero-order valence-electron chi connectivity index (χ0n) is 5.33. The Balaban J connectivity index is 2.61. The van der Waals surface area contributed by atoms with Gasteiger partial charge in [-0.1, -0.05) is 0 Å². The summed E-state index contributed by atoms with van der Waals surface area (Å²) in [6, 6.07) is 7.86. The van der Waals surface area contributed by atoms with Gasteiger partial charge in [-0.3, -0.25) is 0 Å². The van der Waals surface area contributed by atoms with Crippen LogP contribution in [0, 0.1) is 0 Å². The van der Waals surface area contributed by atoms with Crippen molar-refractivity contribution in [1.29, 1.82) is 0 Å². The van der Waals surface area contributed by atoms with E-state index in [1.807, 2.05) is 24.3 Å². The van der Waals surface area contributed by atoms with Gasteiger partial charge < -0.3 is 0 Å². The molecule has 0 radical (unpaired) electrons. The van der Waals surface area contributed by atoms with Crippen molar-refractivity contribution < 1.29 is 3.83 Å². The van der Waals surface area contributed by atoms with Crippen LogP contribution in [0.2, 0.25) is 0 Å². The van der Waals surface area contributed by atoms with Crippen LogP contribution in [0.3, 0.4) is 0 Å². The Labute approximate surface area is 63.5 Å². The van der Waals surface area contributed by atoms with Crippen LogP contribution in [0.25, 0.3) is 0 Å². The Morgan fingerprint density at radius 1 is 1.40 bits per heavy atom. The summed E-state index contributed by atoms with van der Waals surface area (Å²) in [6.07, 6.45) is 0. The fraction of sp³-hybridized carbons (Fsp3) is 0.143. The molecule has 0 saturated heterocycles. The van der Waals surface area contributed by atoms with E-state index >= 15 is 0 Å². The van der Waals surface area contributed by atoms with E-state index in [9.17, 15) is 3.83 Å². The average molecular weight is 200 g/mol. The van der Waals surface area contributed by atoms with Crippen LogP contribution in [-0.4, -0.2) is 14.1 Å². The molecule has 1 aliphatic rings. The van der Waals surface area contributed by atoms with E-state index in [4.69, 9.17) is 0 Å². The van der Waals surface area contributed by atoms with Crippen molar-refractivity contribution in [2.45, 2.75) is 6.54 Å². The average Bonchev–Trinajstić information content (AvgIpc) is 2.34. The van der Waals surface area contributed by atoms with Crippen LogP contribution in [0.15, 0.2) is 24.3 Å². The van der Waals surface area contributed by atoms with Gasteiger partial charge in [0.2, 0.25) is 0 Å². The molecule has 3 heteroatoms. The second-order valence-electron chi connectivity index (χ2n) is 2.20. The standard InChI is InChI=1S/C7H7NOSe/c9-10-7-4-2-1-3-6(7)5-8-10/h1-4,8H,5H2. The zero-order chi connectivity index (χ0) is 6.97. The topological polar surface area (TPSA) is 29.1 Å². The third kappa shape index (κ3) is 0.833. The molecule has 1 heterocycles. The molecule has 1 N–H and O–H groups in total. The van der Waals surface area contributed by atoms with Crippen molar-refractivity contribution in [2.24, 2.45) is 0 Å². The molecule has 1 unspecified atom stereocenters. The SMILES string of the molecule is O=[Se]1NCc2ccccc21. The van der Waals surface area contributed by atoms with Gasteiger partial charge in [-0.2, -0.15) is 0 Å². The summed E-state index contributed by atoms with van der Waals surface area (Å²) in [7, 11) is 0. The predicted molar refractivity (Wildman–Crippen MR) is 39.4 cm³/mol. The van der Waals surface area contributed by atoms with Crippen LogP contribution in [-0.2, 0) is 10.4 Å². The van der Waals surface area contributed by atoms with Crippen molar-refractivity contribution in [3.8, 4) is 0 Å². The molecular formula is C7H7NOSe. The minimum atomic E-state index is -1.82. The molecule has 0 amide bonds. The van der Waals surface area contributed by atoms with Crippen molar-refractivity contribution in [3.63, 3.8) is 0 Å². The number of hydrogen-bond donors (Lipinski definition) is 1. The second-order valence-corrected chi connectivity index (χ2v) is 4.85. The van der Waals surface area contributed by atoms with Crippen LogP contribution >= 0.6 is 0 Å². The fourth-order valence-electron chi connectivity index (χ4n) is 1.05. The van der Waals surface area contributed by atoms with E-state index in [0.29, 0.717) is 0 Å². The third-order valence-electron chi connectivity index (χ3n) is 1.57. The third-order valence-corrected chi connectivity index (χ3v) is 4.09. The minimum absolute atomic E-state index is 0.782. The van der Waals surface area contributed by atoms with Crippen LogP contribution in [0.1, 0.15) is 5.56 Å². The number of fused-ring (bicyclic) bond motifs is 1. The summed E-state index contributed by atoms with van der Waals surface area (Å²) in [5, 5.41) is 0. The van der Waals surface area contributed by atoms with Gasteiger partial charge in [0.05, 0.1) is 0 Å². The van der Waals surface area contributed by atoms with Crippen molar-refractivity contribution in [2.75, 3.05) is 0 Å². The summed E-state index contributed by atoms with van der Waals surface area (Å²) >= 11 is -1.82. The normalized spacial score (nSPS) is 22.6. The fourth-order valence-corrected chi connectivity index (χ4v) is 3.20. The summed E-state index contributed by atoms with van der Waals surface area (Å²) in [6.45, 7) is 0.782. The van der Waals surface area contributed by atoms with Gasteiger partial charge in [-0.15, -0.1) is 0 Å². The van der Waals surface area contributed by atoms with Gasteiger partial charge in [0, 0.05) is 0 Å². The zero-order valence-corrected chi connectivity index (χ0v) is 7.05. The number of nitrogens with one attached hydrogen (secondary N) is 1. The van der Waals surface area contributed by atoms with Gasteiger partial charge >= 0.3 is 63.1 Å². The summed E-state index contributed by atoms with van der Waals surface area (Å²) in [5.74, 6) is 0. The van der Waals surface area contributed by atoms with Gasteiger partial charge in [-0.25, -0.2) is 0 Å². The first-order valence-corrected chi connectivity index (χ1v) is 5.52. The van der Waals surface area contributed by atoms with Crippen LogP contribution < -0.4 is 8.79 Å². The quantitative estimate of drug-likeness (QED) is 0.593. The van der Waals surface area contributed by atoms with Crippen molar-refractivity contribution in [1.82, 2.24) is 4.33 Å². The molecule has 0 saturated carbocycles. The summed E-state index contributed by atoms with van der Waals surface area (Å²) in [5.41, 5.74) is 1.20. The molecule has 0 bridgehead atoms. The first-order valence-electron chi connectivity index (χ1n) is 3.11. The molecule has 10 heavy (non-hydrogen) atoms. The number of benzene rings is 1. The molecule has 0 aromatic heterocycles. The van der Waals surface area contributed by atoms with E-state index in [1.165, 1.54) is 5.56 Å². The van der Waals surface area contributed by atoms with E-state index in [1.54, 1.807) is 0 Å². The van der Waals surface area contributed by atoms with Gasteiger partial charge in [0.15, 0.2) is 0 Å². The van der Waals surface area contributed by atoms with Crippen molar-refractivity contribution in [3.05, 3.63) is 29.8 Å². The maximum absolute atomic E-state index is 11.2. The molecule has 1 aromatic rings. The molecular weight excluding hydrogens is 193 g/mol. The Morgan fingerprint density at radius 2 is 2.20 bits per heavy atom. The van der Waals surface area contributed by atoms with Gasteiger partial charge in [0.1, 0.15) is 0 Å². The van der Waals surface area contributed by atoms with Gasteiger partial charge in [-0.05, 0) is 0 Å². The predicted octanol–water partition coefficient (Wildman–Crippen LogP) is -0.0845. The molecule has 0 aliphatic carbocycles. The Morgan fingerprint density at radius 3 is 3.00 bits per heavy atom. The Bertz CT molecular complexity index is 285. The van der Waals surface area contributed by atoms with Gasteiger partial charge in [0.25, 0.3) is 0 Å². The molecule has 1 aliphatic heterocycles. The number of rotatable bonds is 0. The van der Waals surface area contributed by atoms with E-state index in [-0.39, 0.29) is 0 Å². The van der Waals surface area contributed by atoms with Crippen LogP contribution in [0.5, 0.6) is 0 Å². The maximum atomic E-state index is 11.2. The van der Waals surface area contributed by atoms with E-state index in [2.05, 4.69) is 4.33 Å².